The van der Waals surface area contributed by atoms with Gasteiger partial charge >= 0.3 is 0 Å². The molecule has 0 aliphatic carbocycles. The highest BCUT2D eigenvalue weighted by atomic mass is 127. The van der Waals surface area contributed by atoms with Gasteiger partial charge in [-0.15, -0.1) is 24.0 Å². The number of halogens is 2. The molecule has 1 aromatic rings. The molecule has 2 rings (SSSR count). The maximum atomic E-state index is 5.78. The van der Waals surface area contributed by atoms with Crippen molar-refractivity contribution in [1.29, 1.82) is 0 Å². The van der Waals surface area contributed by atoms with Gasteiger partial charge in [-0.25, -0.2) is 4.98 Å². The lowest BCUT2D eigenvalue weighted by Gasteiger charge is -2.12. The van der Waals surface area contributed by atoms with E-state index >= 15 is 0 Å². The molecule has 1 aliphatic heterocycles. The zero-order valence-corrected chi connectivity index (χ0v) is 17.8. The fourth-order valence-electron chi connectivity index (χ4n) is 2.45. The van der Waals surface area contributed by atoms with Gasteiger partial charge in [0.15, 0.2) is 5.96 Å². The molecule has 1 aromatic heterocycles. The summed E-state index contributed by atoms with van der Waals surface area (Å²) in [6.07, 6.45) is 4.75. The fourth-order valence-corrected chi connectivity index (χ4v) is 2.56. The van der Waals surface area contributed by atoms with Crippen LogP contribution in [0.3, 0.4) is 0 Å². The van der Waals surface area contributed by atoms with Gasteiger partial charge in [-0.1, -0.05) is 17.7 Å². The molecule has 0 spiro atoms. The molecule has 0 radical (unpaired) electrons. The second-order valence-electron chi connectivity index (χ2n) is 5.82. The number of hydrogen-bond donors (Lipinski definition) is 2. The minimum atomic E-state index is 0. The number of aromatic nitrogens is 1. The first-order valence-electron chi connectivity index (χ1n) is 8.48. The third-order valence-corrected chi connectivity index (χ3v) is 4.08. The Morgan fingerprint density at radius 2 is 2.24 bits per heavy atom. The van der Waals surface area contributed by atoms with Gasteiger partial charge in [-0.3, -0.25) is 4.99 Å². The highest BCUT2D eigenvalue weighted by molar-refractivity contribution is 14.0. The van der Waals surface area contributed by atoms with Crippen LogP contribution in [-0.4, -0.2) is 57.5 Å². The average molecular weight is 483 g/mol. The standard InChI is InChI=1S/C17H27ClN4O2.HI/c1-19-17(21-8-5-14-3-4-16(18)22-11-14)20-7-2-9-23-12-15-6-10-24-13-15;/h3-4,11,15H,2,5-10,12-13H2,1H3,(H2,19,20,21);1H. The molecular formula is C17H28ClIN4O2. The van der Waals surface area contributed by atoms with Crippen molar-refractivity contribution in [2.75, 3.05) is 46.6 Å². The van der Waals surface area contributed by atoms with E-state index in [1.165, 1.54) is 0 Å². The van der Waals surface area contributed by atoms with Crippen LogP contribution in [-0.2, 0) is 15.9 Å². The highest BCUT2D eigenvalue weighted by Gasteiger charge is 2.15. The van der Waals surface area contributed by atoms with Crippen LogP contribution in [0, 0.1) is 5.92 Å². The van der Waals surface area contributed by atoms with E-state index in [1.807, 2.05) is 12.1 Å². The van der Waals surface area contributed by atoms with Crippen LogP contribution in [0.4, 0.5) is 0 Å². The van der Waals surface area contributed by atoms with Crippen LogP contribution in [0.2, 0.25) is 5.15 Å². The van der Waals surface area contributed by atoms with E-state index in [0.29, 0.717) is 11.1 Å². The molecule has 0 amide bonds. The van der Waals surface area contributed by atoms with Crippen molar-refractivity contribution in [3.05, 3.63) is 29.0 Å². The topological polar surface area (TPSA) is 67.8 Å². The monoisotopic (exact) mass is 482 g/mol. The van der Waals surface area contributed by atoms with Crippen molar-refractivity contribution in [2.24, 2.45) is 10.9 Å². The Morgan fingerprint density at radius 3 is 2.92 bits per heavy atom. The van der Waals surface area contributed by atoms with E-state index in [0.717, 1.165) is 70.3 Å². The SMILES string of the molecule is CN=C(NCCCOCC1CCOC1)NCCc1ccc(Cl)nc1.I. The smallest absolute Gasteiger partial charge is 0.190 e. The minimum Gasteiger partial charge on any atom is -0.381 e. The van der Waals surface area contributed by atoms with Gasteiger partial charge in [-0.05, 0) is 30.9 Å². The molecule has 0 bridgehead atoms. The van der Waals surface area contributed by atoms with Crippen LogP contribution < -0.4 is 10.6 Å². The number of ether oxygens (including phenoxy) is 2. The van der Waals surface area contributed by atoms with Crippen LogP contribution in [0.25, 0.3) is 0 Å². The van der Waals surface area contributed by atoms with E-state index < -0.39 is 0 Å². The second kappa shape index (κ2) is 13.5. The lowest BCUT2D eigenvalue weighted by Crippen LogP contribution is -2.39. The van der Waals surface area contributed by atoms with E-state index in [1.54, 1.807) is 13.2 Å². The number of pyridine rings is 1. The molecule has 2 heterocycles. The molecule has 25 heavy (non-hydrogen) atoms. The summed E-state index contributed by atoms with van der Waals surface area (Å²) in [5.74, 6) is 1.39. The molecular weight excluding hydrogens is 455 g/mol. The fraction of sp³-hybridized carbons (Fsp3) is 0.647. The molecule has 2 N–H and O–H groups in total. The molecule has 0 aromatic carbocycles. The zero-order valence-electron chi connectivity index (χ0n) is 14.7. The number of rotatable bonds is 9. The lowest BCUT2D eigenvalue weighted by molar-refractivity contribution is 0.0888. The molecule has 1 fully saturated rings. The van der Waals surface area contributed by atoms with Crippen LogP contribution in [0.1, 0.15) is 18.4 Å². The van der Waals surface area contributed by atoms with Gasteiger partial charge in [0.2, 0.25) is 0 Å². The van der Waals surface area contributed by atoms with Gasteiger partial charge in [0.25, 0.3) is 0 Å². The Balaban J connectivity index is 0.00000312. The van der Waals surface area contributed by atoms with Crippen molar-refractivity contribution in [1.82, 2.24) is 15.6 Å². The van der Waals surface area contributed by atoms with Crippen LogP contribution in [0.5, 0.6) is 0 Å². The van der Waals surface area contributed by atoms with E-state index in [2.05, 4.69) is 20.6 Å². The van der Waals surface area contributed by atoms with Gasteiger partial charge in [0, 0.05) is 45.5 Å². The quantitative estimate of drug-likeness (QED) is 0.186. The first-order valence-corrected chi connectivity index (χ1v) is 8.86. The van der Waals surface area contributed by atoms with Crippen molar-refractivity contribution >= 4 is 41.5 Å². The highest BCUT2D eigenvalue weighted by Crippen LogP contribution is 2.12. The molecule has 6 nitrogen and oxygen atoms in total. The Morgan fingerprint density at radius 1 is 1.40 bits per heavy atom. The van der Waals surface area contributed by atoms with Gasteiger partial charge in [0.05, 0.1) is 13.2 Å². The molecule has 1 saturated heterocycles. The molecule has 1 atom stereocenters. The van der Waals surface area contributed by atoms with Crippen LogP contribution >= 0.6 is 35.6 Å². The Kier molecular flexibility index (Phi) is 12.1. The number of aliphatic imine (C=N–C) groups is 1. The summed E-state index contributed by atoms with van der Waals surface area (Å²) in [5.41, 5.74) is 1.15. The Labute approximate surface area is 172 Å². The van der Waals surface area contributed by atoms with E-state index in [4.69, 9.17) is 21.1 Å². The minimum absolute atomic E-state index is 0. The first kappa shape index (κ1) is 22.4. The Hall–Kier alpha value is -0.640. The lowest BCUT2D eigenvalue weighted by atomic mass is 10.1. The second-order valence-corrected chi connectivity index (χ2v) is 6.21. The molecule has 1 aliphatic rings. The maximum absolute atomic E-state index is 5.78. The summed E-state index contributed by atoms with van der Waals surface area (Å²) in [6, 6.07) is 3.79. The van der Waals surface area contributed by atoms with Crippen molar-refractivity contribution < 1.29 is 9.47 Å². The first-order chi connectivity index (χ1) is 11.8. The summed E-state index contributed by atoms with van der Waals surface area (Å²) in [7, 11) is 1.77. The third kappa shape index (κ3) is 9.58. The summed E-state index contributed by atoms with van der Waals surface area (Å²) in [4.78, 5) is 8.29. The maximum Gasteiger partial charge on any atom is 0.190 e. The normalized spacial score (nSPS) is 17.2. The average Bonchev–Trinajstić information content (AvgIpc) is 3.11. The largest absolute Gasteiger partial charge is 0.381 e. The van der Waals surface area contributed by atoms with E-state index in [-0.39, 0.29) is 24.0 Å². The van der Waals surface area contributed by atoms with Crippen molar-refractivity contribution in [2.45, 2.75) is 19.3 Å². The van der Waals surface area contributed by atoms with Gasteiger partial charge in [0.1, 0.15) is 5.15 Å². The molecule has 142 valence electrons. The molecule has 8 heteroatoms. The summed E-state index contributed by atoms with van der Waals surface area (Å²) >= 11 is 5.78. The van der Waals surface area contributed by atoms with Crippen LogP contribution in [0.15, 0.2) is 23.3 Å². The predicted molar refractivity (Wildman–Crippen MR) is 112 cm³/mol. The molecule has 1 unspecified atom stereocenters. The summed E-state index contributed by atoms with van der Waals surface area (Å²) in [5, 5.41) is 7.10. The van der Waals surface area contributed by atoms with Crippen molar-refractivity contribution in [3.8, 4) is 0 Å². The Bertz CT molecular complexity index is 496. The number of nitrogens with one attached hydrogen (secondary N) is 2. The molecule has 0 saturated carbocycles. The summed E-state index contributed by atoms with van der Waals surface area (Å²) in [6.45, 7) is 4.92. The van der Waals surface area contributed by atoms with Crippen molar-refractivity contribution in [3.63, 3.8) is 0 Å². The van der Waals surface area contributed by atoms with Gasteiger partial charge < -0.3 is 20.1 Å². The number of guanidine groups is 1. The third-order valence-electron chi connectivity index (χ3n) is 3.85. The van der Waals surface area contributed by atoms with E-state index in [9.17, 15) is 0 Å². The zero-order chi connectivity index (χ0) is 17.0. The number of nitrogens with zero attached hydrogens (tertiary/aromatic N) is 2. The number of hydrogen-bond acceptors (Lipinski definition) is 4. The predicted octanol–water partition coefficient (Wildman–Crippen LogP) is 2.50. The summed E-state index contributed by atoms with van der Waals surface area (Å²) < 4.78 is 11.0. The van der Waals surface area contributed by atoms with Gasteiger partial charge in [-0.2, -0.15) is 0 Å².